The van der Waals surface area contributed by atoms with Crippen molar-refractivity contribution in [3.63, 3.8) is 0 Å². The Balaban J connectivity index is 2.18. The van der Waals surface area contributed by atoms with Crippen LogP contribution in [0.4, 0.5) is 0 Å². The van der Waals surface area contributed by atoms with Crippen molar-refractivity contribution in [1.29, 1.82) is 0 Å². The fourth-order valence-electron chi connectivity index (χ4n) is 2.51. The second kappa shape index (κ2) is 2.75. The molecule has 3 rings (SSSR count). The topological polar surface area (TPSA) is 9.23 Å². The number of hydrogen-bond donors (Lipinski definition) is 0. The lowest BCUT2D eigenvalue weighted by atomic mass is 9.78. The molecule has 0 amide bonds. The highest BCUT2D eigenvalue weighted by Crippen LogP contribution is 2.49. The van der Waals surface area contributed by atoms with Gasteiger partial charge in [0.25, 0.3) is 0 Å². The van der Waals surface area contributed by atoms with Crippen molar-refractivity contribution in [3.8, 4) is 5.75 Å². The molecule has 0 N–H and O–H groups in total. The maximum absolute atomic E-state index is 6.09. The Morgan fingerprint density at radius 3 is 2.93 bits per heavy atom. The molecule has 1 nitrogen and oxygen atoms in total. The molecule has 0 fully saturated rings. The predicted octanol–water partition coefficient (Wildman–Crippen LogP) is 3.44. The van der Waals surface area contributed by atoms with Gasteiger partial charge in [0.05, 0.1) is 0 Å². The minimum absolute atomic E-state index is 0.168. The summed E-state index contributed by atoms with van der Waals surface area (Å²) in [6.07, 6.45) is 6.51. The van der Waals surface area contributed by atoms with Crippen LogP contribution in [0.3, 0.4) is 0 Å². The van der Waals surface area contributed by atoms with Crippen LogP contribution in [0.2, 0.25) is 0 Å². The molecular formula is C14H14O. The van der Waals surface area contributed by atoms with E-state index in [2.05, 4.69) is 50.3 Å². The molecule has 0 spiro atoms. The molecule has 1 aromatic carbocycles. The van der Waals surface area contributed by atoms with E-state index in [9.17, 15) is 0 Å². The summed E-state index contributed by atoms with van der Waals surface area (Å²) in [7, 11) is 0. The van der Waals surface area contributed by atoms with Crippen molar-refractivity contribution >= 4 is 0 Å². The molecule has 0 bridgehead atoms. The highest BCUT2D eigenvalue weighted by molar-refractivity contribution is 5.51. The van der Waals surface area contributed by atoms with Crippen LogP contribution in [0, 0.1) is 0 Å². The van der Waals surface area contributed by atoms with Gasteiger partial charge in [0.1, 0.15) is 11.4 Å². The zero-order valence-corrected chi connectivity index (χ0v) is 9.03. The van der Waals surface area contributed by atoms with Gasteiger partial charge in [-0.1, -0.05) is 36.4 Å². The first-order valence-electron chi connectivity index (χ1n) is 5.35. The number of hydrogen-bond acceptors (Lipinski definition) is 1. The summed E-state index contributed by atoms with van der Waals surface area (Å²) in [5, 5.41) is 0. The molecule has 0 saturated heterocycles. The molecular weight excluding hydrogens is 184 g/mol. The maximum atomic E-state index is 6.09. The fraction of sp³-hybridized carbons (Fsp3) is 0.286. The summed E-state index contributed by atoms with van der Waals surface area (Å²) in [5.41, 5.74) is 2.44. The van der Waals surface area contributed by atoms with Crippen LogP contribution in [0.5, 0.6) is 5.75 Å². The number of ether oxygens (including phenoxy) is 1. The molecule has 0 radical (unpaired) electrons. The molecule has 2 atom stereocenters. The van der Waals surface area contributed by atoms with Crippen molar-refractivity contribution in [2.45, 2.75) is 25.4 Å². The minimum atomic E-state index is -0.168. The first-order chi connectivity index (χ1) is 7.22. The van der Waals surface area contributed by atoms with Crippen LogP contribution in [-0.2, 0) is 0 Å². The molecule has 0 aromatic heterocycles. The largest absolute Gasteiger partial charge is 0.482 e. The Kier molecular flexibility index (Phi) is 1.61. The Hall–Kier alpha value is -1.50. The van der Waals surface area contributed by atoms with Crippen molar-refractivity contribution in [2.24, 2.45) is 0 Å². The van der Waals surface area contributed by atoms with Gasteiger partial charge in [0, 0.05) is 11.5 Å². The van der Waals surface area contributed by atoms with Crippen LogP contribution >= 0.6 is 0 Å². The van der Waals surface area contributed by atoms with Gasteiger partial charge in [-0.05, 0) is 25.5 Å². The summed E-state index contributed by atoms with van der Waals surface area (Å²) in [6.45, 7) is 4.31. The number of para-hydroxylation sites is 1. The lowest BCUT2D eigenvalue weighted by molar-refractivity contribution is 0.141. The zero-order valence-electron chi connectivity index (χ0n) is 9.03. The van der Waals surface area contributed by atoms with Crippen molar-refractivity contribution in [2.75, 3.05) is 0 Å². The monoisotopic (exact) mass is 198 g/mol. The molecule has 76 valence electrons. The molecule has 0 saturated carbocycles. The average molecular weight is 198 g/mol. The number of benzene rings is 1. The maximum Gasteiger partial charge on any atom is 0.138 e. The average Bonchev–Trinajstić information content (AvgIpc) is 2.53. The van der Waals surface area contributed by atoms with Crippen LogP contribution in [0.1, 0.15) is 25.3 Å². The van der Waals surface area contributed by atoms with E-state index in [1.807, 2.05) is 6.07 Å². The van der Waals surface area contributed by atoms with Gasteiger partial charge in [0.2, 0.25) is 0 Å². The van der Waals surface area contributed by atoms with Gasteiger partial charge >= 0.3 is 0 Å². The van der Waals surface area contributed by atoms with Crippen LogP contribution < -0.4 is 4.74 Å². The normalized spacial score (nSPS) is 31.6. The van der Waals surface area contributed by atoms with E-state index in [-0.39, 0.29) is 5.60 Å². The Labute approximate surface area is 90.1 Å². The van der Waals surface area contributed by atoms with Gasteiger partial charge in [-0.25, -0.2) is 0 Å². The first kappa shape index (κ1) is 8.78. The van der Waals surface area contributed by atoms with Gasteiger partial charge in [0.15, 0.2) is 0 Å². The van der Waals surface area contributed by atoms with E-state index in [1.165, 1.54) is 11.1 Å². The van der Waals surface area contributed by atoms with Crippen LogP contribution in [0.15, 0.2) is 48.1 Å². The van der Waals surface area contributed by atoms with Gasteiger partial charge in [-0.15, -0.1) is 0 Å². The number of allylic oxidation sites excluding steroid dienone is 2. The molecule has 1 aliphatic heterocycles. The summed E-state index contributed by atoms with van der Waals surface area (Å²) in [6, 6.07) is 8.33. The SMILES string of the molecule is CC1=CC=CC2c3ccccc3OC12C. The van der Waals surface area contributed by atoms with E-state index in [0.717, 1.165) is 5.75 Å². The third-order valence-corrected chi connectivity index (χ3v) is 3.60. The zero-order chi connectivity index (χ0) is 10.5. The Bertz CT molecular complexity index is 470. The van der Waals surface area contributed by atoms with Gasteiger partial charge in [-0.2, -0.15) is 0 Å². The van der Waals surface area contributed by atoms with Crippen molar-refractivity contribution in [3.05, 3.63) is 53.6 Å². The van der Waals surface area contributed by atoms with E-state index in [0.29, 0.717) is 5.92 Å². The lowest BCUT2D eigenvalue weighted by Gasteiger charge is -2.32. The molecule has 1 heteroatoms. The Morgan fingerprint density at radius 2 is 2.07 bits per heavy atom. The molecule has 1 aromatic rings. The van der Waals surface area contributed by atoms with E-state index >= 15 is 0 Å². The van der Waals surface area contributed by atoms with E-state index in [4.69, 9.17) is 4.74 Å². The second-order valence-electron chi connectivity index (χ2n) is 4.46. The second-order valence-corrected chi connectivity index (χ2v) is 4.46. The molecule has 15 heavy (non-hydrogen) atoms. The summed E-state index contributed by atoms with van der Waals surface area (Å²) in [5.74, 6) is 1.41. The third-order valence-electron chi connectivity index (χ3n) is 3.60. The van der Waals surface area contributed by atoms with Crippen molar-refractivity contribution in [1.82, 2.24) is 0 Å². The van der Waals surface area contributed by atoms with Crippen molar-refractivity contribution < 1.29 is 4.74 Å². The Morgan fingerprint density at radius 1 is 1.27 bits per heavy atom. The van der Waals surface area contributed by atoms with Crippen LogP contribution in [0.25, 0.3) is 0 Å². The third kappa shape index (κ3) is 1.03. The number of rotatable bonds is 0. The highest BCUT2D eigenvalue weighted by Gasteiger charge is 2.45. The molecule has 1 heterocycles. The summed E-state index contributed by atoms with van der Waals surface area (Å²) < 4.78 is 6.09. The highest BCUT2D eigenvalue weighted by atomic mass is 16.5. The standard InChI is InChI=1S/C14H14O/c1-10-6-5-8-12-11-7-3-4-9-13(11)15-14(10,12)2/h3-9,12H,1-2H3. The lowest BCUT2D eigenvalue weighted by Crippen LogP contribution is -2.36. The molecule has 2 unspecified atom stereocenters. The number of fused-ring (bicyclic) bond motifs is 3. The van der Waals surface area contributed by atoms with Crippen LogP contribution in [-0.4, -0.2) is 5.60 Å². The smallest absolute Gasteiger partial charge is 0.138 e. The minimum Gasteiger partial charge on any atom is -0.482 e. The fourth-order valence-corrected chi connectivity index (χ4v) is 2.51. The summed E-state index contributed by atoms with van der Waals surface area (Å²) >= 11 is 0. The first-order valence-corrected chi connectivity index (χ1v) is 5.35. The van der Waals surface area contributed by atoms with Gasteiger partial charge in [-0.3, -0.25) is 0 Å². The van der Waals surface area contributed by atoms with Gasteiger partial charge < -0.3 is 4.74 Å². The quantitative estimate of drug-likeness (QED) is 0.620. The predicted molar refractivity (Wildman–Crippen MR) is 61.1 cm³/mol. The van der Waals surface area contributed by atoms with E-state index in [1.54, 1.807) is 0 Å². The summed E-state index contributed by atoms with van der Waals surface area (Å²) in [4.78, 5) is 0. The molecule has 1 aliphatic carbocycles. The molecule has 2 aliphatic rings. The van der Waals surface area contributed by atoms with E-state index < -0.39 is 0 Å².